The van der Waals surface area contributed by atoms with E-state index in [9.17, 15) is 4.79 Å². The average Bonchev–Trinajstić information content (AvgIpc) is 2.61. The fourth-order valence-corrected chi connectivity index (χ4v) is 4.36. The Morgan fingerprint density at radius 3 is 2.29 bits per heavy atom. The molecule has 3 heteroatoms. The van der Waals surface area contributed by atoms with E-state index in [1.54, 1.807) is 6.08 Å². The fraction of sp³-hybridized carbons (Fsp3) is 0.810. The maximum absolute atomic E-state index is 12.4. The summed E-state index contributed by atoms with van der Waals surface area (Å²) in [7, 11) is 0. The summed E-state index contributed by atoms with van der Waals surface area (Å²) in [6, 6.07) is 2.04. The monoisotopic (exact) mass is 331 g/mol. The lowest BCUT2D eigenvalue weighted by atomic mass is 9.80. The second-order valence-electron chi connectivity index (χ2n) is 7.69. The SMILES string of the molecule is CCC[C@H]1CC[C@H](C(=O)OC2CCC(CC/C=C/C#N)CC2)CC1. The van der Waals surface area contributed by atoms with Gasteiger partial charge in [0.15, 0.2) is 0 Å². The highest BCUT2D eigenvalue weighted by molar-refractivity contribution is 5.72. The number of esters is 1. The first-order chi connectivity index (χ1) is 11.7. The molecule has 0 radical (unpaired) electrons. The molecule has 0 bridgehead atoms. The van der Waals surface area contributed by atoms with Crippen LogP contribution in [0.2, 0.25) is 0 Å². The van der Waals surface area contributed by atoms with E-state index >= 15 is 0 Å². The molecule has 0 heterocycles. The Morgan fingerprint density at radius 1 is 1.04 bits per heavy atom. The van der Waals surface area contributed by atoms with Gasteiger partial charge >= 0.3 is 5.97 Å². The molecule has 2 saturated carbocycles. The van der Waals surface area contributed by atoms with E-state index in [1.165, 1.54) is 25.7 Å². The van der Waals surface area contributed by atoms with Crippen molar-refractivity contribution in [1.29, 1.82) is 5.26 Å². The Morgan fingerprint density at radius 2 is 1.67 bits per heavy atom. The fourth-order valence-electron chi connectivity index (χ4n) is 4.36. The third kappa shape index (κ3) is 6.30. The Hall–Kier alpha value is -1.30. The van der Waals surface area contributed by atoms with Gasteiger partial charge in [0, 0.05) is 6.08 Å². The average molecular weight is 332 g/mol. The second-order valence-corrected chi connectivity index (χ2v) is 7.69. The van der Waals surface area contributed by atoms with Gasteiger partial charge in [-0.15, -0.1) is 0 Å². The quantitative estimate of drug-likeness (QED) is 0.453. The number of hydrogen-bond donors (Lipinski definition) is 0. The predicted molar refractivity (Wildman–Crippen MR) is 96.2 cm³/mol. The number of nitriles is 1. The lowest BCUT2D eigenvalue weighted by Crippen LogP contribution is -2.30. The van der Waals surface area contributed by atoms with Crippen LogP contribution in [0.5, 0.6) is 0 Å². The molecule has 0 N–H and O–H groups in total. The van der Waals surface area contributed by atoms with Crippen molar-refractivity contribution >= 4 is 5.97 Å². The van der Waals surface area contributed by atoms with Gasteiger partial charge < -0.3 is 4.74 Å². The third-order valence-electron chi connectivity index (χ3n) is 5.89. The molecular weight excluding hydrogens is 298 g/mol. The molecular formula is C21H33NO2. The minimum Gasteiger partial charge on any atom is -0.462 e. The molecule has 2 aliphatic rings. The molecule has 3 nitrogen and oxygen atoms in total. The molecule has 0 aromatic carbocycles. The van der Waals surface area contributed by atoms with E-state index in [-0.39, 0.29) is 18.0 Å². The first-order valence-corrected chi connectivity index (χ1v) is 9.98. The highest BCUT2D eigenvalue weighted by atomic mass is 16.5. The van der Waals surface area contributed by atoms with Crippen LogP contribution in [0.25, 0.3) is 0 Å². The Balaban J connectivity index is 1.62. The summed E-state index contributed by atoms with van der Waals surface area (Å²) in [5.74, 6) is 1.80. The number of allylic oxidation sites excluding steroid dienone is 2. The summed E-state index contributed by atoms with van der Waals surface area (Å²) in [6.45, 7) is 2.25. The highest BCUT2D eigenvalue weighted by Crippen LogP contribution is 2.34. The molecule has 2 aliphatic carbocycles. The number of carbonyl (C=O) groups excluding carboxylic acids is 1. The van der Waals surface area contributed by atoms with Gasteiger partial charge in [-0.25, -0.2) is 0 Å². The van der Waals surface area contributed by atoms with Crippen molar-refractivity contribution in [2.24, 2.45) is 17.8 Å². The summed E-state index contributed by atoms with van der Waals surface area (Å²) in [5.41, 5.74) is 0. The Bertz CT molecular complexity index is 435. The summed E-state index contributed by atoms with van der Waals surface area (Å²) >= 11 is 0. The van der Waals surface area contributed by atoms with Gasteiger partial charge in [0.05, 0.1) is 12.0 Å². The number of nitrogens with zero attached hydrogens (tertiary/aromatic N) is 1. The van der Waals surface area contributed by atoms with Gasteiger partial charge in [-0.05, 0) is 76.0 Å². The molecule has 2 fully saturated rings. The molecule has 0 aliphatic heterocycles. The van der Waals surface area contributed by atoms with Gasteiger partial charge in [0.1, 0.15) is 6.10 Å². The lowest BCUT2D eigenvalue weighted by molar-refractivity contribution is -0.157. The zero-order chi connectivity index (χ0) is 17.2. The normalized spacial score (nSPS) is 30.8. The Kier molecular flexibility index (Phi) is 8.36. The molecule has 0 aromatic rings. The maximum atomic E-state index is 12.4. The van der Waals surface area contributed by atoms with Gasteiger partial charge in [0.25, 0.3) is 0 Å². The smallest absolute Gasteiger partial charge is 0.309 e. The molecule has 0 spiro atoms. The van der Waals surface area contributed by atoms with Crippen LogP contribution in [-0.2, 0) is 9.53 Å². The van der Waals surface area contributed by atoms with Gasteiger partial charge in [-0.2, -0.15) is 5.26 Å². The van der Waals surface area contributed by atoms with Crippen molar-refractivity contribution in [1.82, 2.24) is 0 Å². The Labute approximate surface area is 147 Å². The molecule has 0 amide bonds. The number of carbonyl (C=O) groups is 1. The molecule has 0 aromatic heterocycles. The largest absolute Gasteiger partial charge is 0.462 e. The summed E-state index contributed by atoms with van der Waals surface area (Å²) in [6.07, 6.45) is 17.2. The number of hydrogen-bond acceptors (Lipinski definition) is 3. The minimum atomic E-state index is 0.0744. The van der Waals surface area contributed by atoms with Crippen molar-refractivity contribution in [2.45, 2.75) is 90.1 Å². The van der Waals surface area contributed by atoms with Crippen LogP contribution in [0.4, 0.5) is 0 Å². The topological polar surface area (TPSA) is 50.1 Å². The lowest BCUT2D eigenvalue weighted by Gasteiger charge is -2.31. The van der Waals surface area contributed by atoms with Crippen LogP contribution >= 0.6 is 0 Å². The third-order valence-corrected chi connectivity index (χ3v) is 5.89. The van der Waals surface area contributed by atoms with Gasteiger partial charge in [0.2, 0.25) is 0 Å². The zero-order valence-electron chi connectivity index (χ0n) is 15.2. The summed E-state index contributed by atoms with van der Waals surface area (Å²) in [5, 5.41) is 8.49. The maximum Gasteiger partial charge on any atom is 0.309 e. The van der Waals surface area contributed by atoms with E-state index in [0.717, 1.165) is 63.2 Å². The minimum absolute atomic E-state index is 0.0744. The van der Waals surface area contributed by atoms with Crippen LogP contribution < -0.4 is 0 Å². The van der Waals surface area contributed by atoms with Crippen LogP contribution in [0.15, 0.2) is 12.2 Å². The van der Waals surface area contributed by atoms with Crippen LogP contribution in [-0.4, -0.2) is 12.1 Å². The molecule has 0 atom stereocenters. The van der Waals surface area contributed by atoms with Crippen molar-refractivity contribution in [2.75, 3.05) is 0 Å². The second kappa shape index (κ2) is 10.5. The molecule has 0 unspecified atom stereocenters. The highest BCUT2D eigenvalue weighted by Gasteiger charge is 2.30. The van der Waals surface area contributed by atoms with Crippen LogP contribution in [0.3, 0.4) is 0 Å². The predicted octanol–water partition coefficient (Wildman–Crippen LogP) is 5.55. The molecule has 24 heavy (non-hydrogen) atoms. The van der Waals surface area contributed by atoms with Crippen LogP contribution in [0.1, 0.15) is 84.0 Å². The van der Waals surface area contributed by atoms with Crippen molar-refractivity contribution in [3.05, 3.63) is 12.2 Å². The zero-order valence-corrected chi connectivity index (χ0v) is 15.2. The van der Waals surface area contributed by atoms with Gasteiger partial charge in [-0.3, -0.25) is 4.79 Å². The van der Waals surface area contributed by atoms with E-state index in [4.69, 9.17) is 10.00 Å². The standard InChI is InChI=1S/C21H33NO2/c1-2-6-17-8-12-19(13-9-17)21(23)24-20-14-10-18(11-15-20)7-4-3-5-16-22/h3,5,17-20H,2,4,6-15H2,1H3/b5-3+/t17-,18?,19-,20?. The summed E-state index contributed by atoms with van der Waals surface area (Å²) < 4.78 is 5.82. The molecule has 2 rings (SSSR count). The molecule has 0 saturated heterocycles. The first kappa shape index (κ1) is 19.0. The van der Waals surface area contributed by atoms with E-state index < -0.39 is 0 Å². The van der Waals surface area contributed by atoms with E-state index in [2.05, 4.69) is 6.92 Å². The molecule has 134 valence electrons. The summed E-state index contributed by atoms with van der Waals surface area (Å²) in [4.78, 5) is 12.4. The number of ether oxygens (including phenoxy) is 1. The van der Waals surface area contributed by atoms with Crippen molar-refractivity contribution < 1.29 is 9.53 Å². The van der Waals surface area contributed by atoms with Crippen molar-refractivity contribution in [3.8, 4) is 6.07 Å². The van der Waals surface area contributed by atoms with E-state index in [1.807, 2.05) is 12.1 Å². The van der Waals surface area contributed by atoms with Gasteiger partial charge in [-0.1, -0.05) is 25.8 Å². The first-order valence-electron chi connectivity index (χ1n) is 9.98. The van der Waals surface area contributed by atoms with Crippen LogP contribution in [0, 0.1) is 29.1 Å². The van der Waals surface area contributed by atoms with Crippen molar-refractivity contribution in [3.63, 3.8) is 0 Å². The number of rotatable bonds is 7. The van der Waals surface area contributed by atoms with E-state index in [0.29, 0.717) is 0 Å².